The third-order valence-corrected chi connectivity index (χ3v) is 0.508. The van der Waals surface area contributed by atoms with E-state index in [0.29, 0.717) is 0 Å². The topological polar surface area (TPSA) is 0 Å². The summed E-state index contributed by atoms with van der Waals surface area (Å²) in [5.74, 6) is 0. The van der Waals surface area contributed by atoms with Crippen LogP contribution in [0.4, 0.5) is 0 Å². The standard InChI is InChI=1S/C2H6B4/c1-2-4-6-5-3/h3H,2H2,1H3. The van der Waals surface area contributed by atoms with Crippen molar-refractivity contribution < 1.29 is 0 Å². The molecular formula is C2H6B4. The summed E-state index contributed by atoms with van der Waals surface area (Å²) in [7, 11) is 3.51. The number of hydrogen-bond donors (Lipinski definition) is 0. The van der Waals surface area contributed by atoms with Crippen LogP contribution in [0.3, 0.4) is 0 Å². The summed E-state index contributed by atoms with van der Waals surface area (Å²) < 4.78 is 0. The van der Waals surface area contributed by atoms with Crippen LogP contribution in [-0.2, 0) is 0 Å². The Morgan fingerprint density at radius 2 is 2.33 bits per heavy atom. The van der Waals surface area contributed by atoms with Gasteiger partial charge in [0, 0.05) is 0 Å². The van der Waals surface area contributed by atoms with Gasteiger partial charge in [-0.3, -0.25) is 0 Å². The molecule has 0 N–H and O–H groups in total. The van der Waals surface area contributed by atoms with Crippen LogP contribution in [0.25, 0.3) is 0 Å². The molecule has 0 saturated heterocycles. The molecule has 0 radical (unpaired) electrons. The molecule has 0 aromatic heterocycles. The van der Waals surface area contributed by atoms with Gasteiger partial charge < -0.3 is 0 Å². The van der Waals surface area contributed by atoms with Crippen LogP contribution in [0.5, 0.6) is 0 Å². The van der Waals surface area contributed by atoms with Gasteiger partial charge in [-0.05, 0) is 0 Å². The fourth-order valence-corrected chi connectivity index (χ4v) is 0.232. The Morgan fingerprint density at radius 3 is 2.50 bits per heavy atom. The number of hydrogen-bond acceptors (Lipinski definition) is 0. The Bertz CT molecular complexity index is 56.6. The van der Waals surface area contributed by atoms with Crippen LogP contribution >= 0.6 is 0 Å². The van der Waals surface area contributed by atoms with Crippen molar-refractivity contribution in [1.29, 1.82) is 0 Å². The Labute approximate surface area is 41.7 Å². The molecule has 0 nitrogen and oxygen atoms in total. The Balaban J connectivity index is 2.94. The van der Waals surface area contributed by atoms with Crippen molar-refractivity contribution in [3.63, 3.8) is 0 Å². The predicted molar refractivity (Wildman–Crippen MR) is 34.9 cm³/mol. The Morgan fingerprint density at radius 1 is 1.67 bits per heavy atom. The van der Waals surface area contributed by atoms with Crippen molar-refractivity contribution in [2.24, 2.45) is 0 Å². The van der Waals surface area contributed by atoms with Crippen LogP contribution in [0.2, 0.25) is 6.32 Å². The average Bonchev–Trinajstić information content (AvgIpc) is 1.61. The van der Waals surface area contributed by atoms with Crippen molar-refractivity contribution in [1.82, 2.24) is 0 Å². The van der Waals surface area contributed by atoms with Gasteiger partial charge in [-0.2, -0.15) is 0 Å². The van der Waals surface area contributed by atoms with E-state index in [-0.39, 0.29) is 0 Å². The summed E-state index contributed by atoms with van der Waals surface area (Å²) >= 11 is 0. The van der Waals surface area contributed by atoms with Crippen molar-refractivity contribution in [3.8, 4) is 0 Å². The van der Waals surface area contributed by atoms with Crippen LogP contribution in [0, 0.1) is 0 Å². The second kappa shape index (κ2) is 5.26. The SMILES string of the molecule is B=BB=BCC. The Kier molecular flexibility index (Phi) is 5.49. The Hall–Kier alpha value is 0.260. The summed E-state index contributed by atoms with van der Waals surface area (Å²) in [6.45, 7) is 7.89. The third-order valence-electron chi connectivity index (χ3n) is 0.508. The first-order chi connectivity index (χ1) is 2.91. The van der Waals surface area contributed by atoms with Crippen molar-refractivity contribution in [3.05, 3.63) is 0 Å². The molecule has 0 aliphatic carbocycles. The van der Waals surface area contributed by atoms with Gasteiger partial charge in [-0.1, -0.05) is 0 Å². The van der Waals surface area contributed by atoms with E-state index in [0.717, 1.165) is 6.32 Å². The van der Waals surface area contributed by atoms with Gasteiger partial charge in [-0.15, -0.1) is 0 Å². The molecule has 0 fully saturated rings. The van der Waals surface area contributed by atoms with Crippen LogP contribution in [0.1, 0.15) is 6.92 Å². The van der Waals surface area contributed by atoms with Gasteiger partial charge in [-0.25, -0.2) is 0 Å². The minimum atomic E-state index is 1.10. The van der Waals surface area contributed by atoms with E-state index in [1.54, 1.807) is 6.69 Å². The molecular weight excluding hydrogens is 67.3 g/mol. The van der Waals surface area contributed by atoms with E-state index in [9.17, 15) is 0 Å². The molecule has 0 heterocycles. The molecule has 0 amide bonds. The molecule has 0 aromatic rings. The summed E-state index contributed by atoms with van der Waals surface area (Å²) in [6, 6.07) is 0. The molecule has 0 rings (SSSR count). The second-order valence-corrected chi connectivity index (χ2v) is 1.07. The molecule has 4 heteroatoms. The zero-order chi connectivity index (χ0) is 4.83. The quantitative estimate of drug-likeness (QED) is 0.375. The maximum atomic E-state index is 3.51. The summed E-state index contributed by atoms with van der Waals surface area (Å²) in [5, 5.41) is 0. The first-order valence-corrected chi connectivity index (χ1v) is 2.19. The molecule has 0 aromatic carbocycles. The number of rotatable bonds is 2. The minimum absolute atomic E-state index is 1.10. The van der Waals surface area contributed by atoms with Crippen molar-refractivity contribution in [2.45, 2.75) is 13.2 Å². The van der Waals surface area contributed by atoms with Gasteiger partial charge in [0.15, 0.2) is 0 Å². The summed E-state index contributed by atoms with van der Waals surface area (Å²) in [5.41, 5.74) is 0. The van der Waals surface area contributed by atoms with Gasteiger partial charge in [0.2, 0.25) is 0 Å². The predicted octanol–water partition coefficient (Wildman–Crippen LogP) is -0.817. The molecule has 0 spiro atoms. The zero-order valence-electron chi connectivity index (χ0n) is 4.15. The van der Waals surface area contributed by atoms with E-state index in [4.69, 9.17) is 0 Å². The molecule has 0 aliphatic heterocycles. The van der Waals surface area contributed by atoms with E-state index in [1.807, 2.05) is 6.69 Å². The molecule has 26 valence electrons. The maximum absolute atomic E-state index is 3.51. The molecule has 0 aliphatic rings. The fraction of sp³-hybridized carbons (Fsp3) is 1.00. The molecule has 0 bridgehead atoms. The first kappa shape index (κ1) is 6.26. The monoisotopic (exact) mass is 74.1 g/mol. The first-order valence-electron chi connectivity index (χ1n) is 2.19. The van der Waals surface area contributed by atoms with Gasteiger partial charge in [0.1, 0.15) is 0 Å². The van der Waals surface area contributed by atoms with E-state index >= 15 is 0 Å². The van der Waals surface area contributed by atoms with Crippen LogP contribution in [0.15, 0.2) is 0 Å². The third kappa shape index (κ3) is 4.26. The van der Waals surface area contributed by atoms with Gasteiger partial charge in [0.05, 0.1) is 0 Å². The van der Waals surface area contributed by atoms with Crippen molar-refractivity contribution >= 4 is 27.6 Å². The van der Waals surface area contributed by atoms with Crippen LogP contribution < -0.4 is 0 Å². The fourth-order valence-electron chi connectivity index (χ4n) is 0.232. The molecule has 0 unspecified atom stereocenters. The van der Waals surface area contributed by atoms with E-state index < -0.39 is 0 Å². The molecule has 0 saturated carbocycles. The average molecular weight is 73.3 g/mol. The van der Waals surface area contributed by atoms with Gasteiger partial charge in [0.25, 0.3) is 0 Å². The van der Waals surface area contributed by atoms with E-state index in [1.165, 1.54) is 0 Å². The summed E-state index contributed by atoms with van der Waals surface area (Å²) in [4.78, 5) is 0. The van der Waals surface area contributed by atoms with Crippen LogP contribution in [-0.4, -0.2) is 27.6 Å². The molecule has 6 heavy (non-hydrogen) atoms. The van der Waals surface area contributed by atoms with E-state index in [2.05, 4.69) is 21.1 Å². The normalized spacial score (nSPS) is 6.00. The van der Waals surface area contributed by atoms with Gasteiger partial charge >= 0.3 is 40.8 Å². The molecule has 0 atom stereocenters. The second-order valence-electron chi connectivity index (χ2n) is 1.07. The van der Waals surface area contributed by atoms with Crippen molar-refractivity contribution in [2.75, 3.05) is 0 Å². The summed E-state index contributed by atoms with van der Waals surface area (Å²) in [6.07, 6.45) is 1.10. The zero-order valence-corrected chi connectivity index (χ0v) is 4.15.